The van der Waals surface area contributed by atoms with Gasteiger partial charge in [-0.15, -0.1) is 0 Å². The molecule has 2 saturated heterocycles. The Morgan fingerprint density at radius 3 is 2.61 bits per heavy atom. The third-order valence-corrected chi connectivity index (χ3v) is 5.36. The molecule has 2 aliphatic rings. The predicted molar refractivity (Wildman–Crippen MR) is 104 cm³/mol. The number of nitrogens with zero attached hydrogens (tertiary/aromatic N) is 1. The van der Waals surface area contributed by atoms with E-state index in [1.54, 1.807) is 4.90 Å². The summed E-state index contributed by atoms with van der Waals surface area (Å²) in [5.74, 6) is -0.553. The predicted octanol–water partition coefficient (Wildman–Crippen LogP) is 1.39. The van der Waals surface area contributed by atoms with Gasteiger partial charge >= 0.3 is 5.97 Å². The van der Waals surface area contributed by atoms with Gasteiger partial charge < -0.3 is 15.0 Å². The van der Waals surface area contributed by atoms with Crippen molar-refractivity contribution in [3.8, 4) is 0 Å². The number of nitrogens with one attached hydrogen (secondary N) is 2. The van der Waals surface area contributed by atoms with Crippen LogP contribution in [0.25, 0.3) is 0 Å². The molecule has 7 heteroatoms. The molecule has 28 heavy (non-hydrogen) atoms. The van der Waals surface area contributed by atoms with E-state index in [-0.39, 0.29) is 29.8 Å². The summed E-state index contributed by atoms with van der Waals surface area (Å²) in [5.41, 5.74) is 1.07. The van der Waals surface area contributed by atoms with Gasteiger partial charge in [0.2, 0.25) is 11.8 Å². The van der Waals surface area contributed by atoms with Crippen molar-refractivity contribution >= 4 is 17.8 Å². The molecular weight excluding hydrogens is 358 g/mol. The lowest BCUT2D eigenvalue weighted by molar-refractivity contribution is -0.146. The van der Waals surface area contributed by atoms with Crippen LogP contribution in [0.5, 0.6) is 0 Å². The first-order chi connectivity index (χ1) is 13.4. The molecule has 7 nitrogen and oxygen atoms in total. The fraction of sp³-hybridized carbons (Fsp3) is 0.571. The van der Waals surface area contributed by atoms with Crippen LogP contribution in [0.3, 0.4) is 0 Å². The molecule has 152 valence electrons. The van der Waals surface area contributed by atoms with Crippen LogP contribution in [0, 0.1) is 5.92 Å². The minimum Gasteiger partial charge on any atom is -0.467 e. The van der Waals surface area contributed by atoms with Crippen molar-refractivity contribution in [1.82, 2.24) is 15.5 Å². The Morgan fingerprint density at radius 1 is 1.25 bits per heavy atom. The van der Waals surface area contributed by atoms with Gasteiger partial charge in [0, 0.05) is 6.54 Å². The zero-order chi connectivity index (χ0) is 20.3. The van der Waals surface area contributed by atoms with E-state index in [0.717, 1.165) is 12.0 Å². The van der Waals surface area contributed by atoms with E-state index in [9.17, 15) is 14.4 Å². The summed E-state index contributed by atoms with van der Waals surface area (Å²) in [6.45, 7) is 4.52. The van der Waals surface area contributed by atoms with Gasteiger partial charge in [0.05, 0.1) is 13.2 Å². The standard InChI is InChI=1S/C21H29N3O4/c1-13(2)12-15(21(27)28-3)22-19(25)16-10-7-11-24(16)20(26)18-17(23-18)14-8-5-4-6-9-14/h4-6,8-9,13,15-18,23H,7,10-12H2,1-3H3,(H,22,25)/t15-,16-,17+,18-/m0/s1. The van der Waals surface area contributed by atoms with E-state index in [0.29, 0.717) is 19.4 Å². The lowest BCUT2D eigenvalue weighted by Crippen LogP contribution is -2.52. The van der Waals surface area contributed by atoms with Crippen LogP contribution in [0.15, 0.2) is 30.3 Å². The number of rotatable bonds is 7. The number of carbonyl (C=O) groups is 3. The number of hydrogen-bond donors (Lipinski definition) is 2. The average Bonchev–Trinajstić information content (AvgIpc) is 3.34. The molecule has 4 atom stereocenters. The number of carbonyl (C=O) groups excluding carboxylic acids is 3. The molecule has 2 fully saturated rings. The van der Waals surface area contributed by atoms with Gasteiger partial charge in [0.15, 0.2) is 0 Å². The Labute approximate surface area is 165 Å². The Bertz CT molecular complexity index is 722. The number of benzene rings is 1. The first-order valence-electron chi connectivity index (χ1n) is 9.92. The fourth-order valence-electron chi connectivity index (χ4n) is 3.88. The molecule has 0 bridgehead atoms. The monoisotopic (exact) mass is 387 g/mol. The zero-order valence-corrected chi connectivity index (χ0v) is 16.7. The third kappa shape index (κ3) is 4.52. The van der Waals surface area contributed by atoms with Crippen molar-refractivity contribution in [2.24, 2.45) is 5.92 Å². The minimum atomic E-state index is -0.689. The summed E-state index contributed by atoms with van der Waals surface area (Å²) < 4.78 is 4.82. The second-order valence-corrected chi connectivity index (χ2v) is 7.94. The van der Waals surface area contributed by atoms with Crippen LogP contribution in [-0.2, 0) is 19.1 Å². The lowest BCUT2D eigenvalue weighted by Gasteiger charge is -2.26. The normalized spacial score (nSPS) is 24.7. The zero-order valence-electron chi connectivity index (χ0n) is 16.7. The lowest BCUT2D eigenvalue weighted by atomic mass is 10.0. The van der Waals surface area contributed by atoms with Crippen molar-refractivity contribution in [3.05, 3.63) is 35.9 Å². The van der Waals surface area contributed by atoms with E-state index >= 15 is 0 Å². The SMILES string of the molecule is COC(=O)[C@H](CC(C)C)NC(=O)[C@@H]1CCCN1C(=O)[C@H]1N[C@@H]1c1ccccc1. The van der Waals surface area contributed by atoms with Gasteiger partial charge in [-0.2, -0.15) is 0 Å². The molecule has 0 spiro atoms. The fourth-order valence-corrected chi connectivity index (χ4v) is 3.88. The van der Waals surface area contributed by atoms with Gasteiger partial charge in [0.25, 0.3) is 0 Å². The first kappa shape index (κ1) is 20.3. The van der Waals surface area contributed by atoms with Crippen molar-refractivity contribution in [2.45, 2.75) is 57.3 Å². The highest BCUT2D eigenvalue weighted by Gasteiger charge is 2.48. The summed E-state index contributed by atoms with van der Waals surface area (Å²) >= 11 is 0. The van der Waals surface area contributed by atoms with Crippen molar-refractivity contribution in [3.63, 3.8) is 0 Å². The number of amides is 2. The Morgan fingerprint density at radius 2 is 1.96 bits per heavy atom. The second-order valence-electron chi connectivity index (χ2n) is 7.94. The first-order valence-corrected chi connectivity index (χ1v) is 9.92. The molecule has 1 aromatic rings. The van der Waals surface area contributed by atoms with Crippen LogP contribution in [0.1, 0.15) is 44.7 Å². The number of esters is 1. The highest BCUT2D eigenvalue weighted by Crippen LogP contribution is 2.32. The van der Waals surface area contributed by atoms with Crippen LogP contribution >= 0.6 is 0 Å². The number of ether oxygens (including phenoxy) is 1. The second kappa shape index (κ2) is 8.73. The van der Waals surface area contributed by atoms with Gasteiger partial charge in [-0.05, 0) is 30.7 Å². The largest absolute Gasteiger partial charge is 0.467 e. The summed E-state index contributed by atoms with van der Waals surface area (Å²) in [6, 6.07) is 8.31. The van der Waals surface area contributed by atoms with Crippen LogP contribution in [0.4, 0.5) is 0 Å². The van der Waals surface area contributed by atoms with E-state index < -0.39 is 18.1 Å². The molecule has 0 aromatic heterocycles. The molecule has 2 amide bonds. The highest BCUT2D eigenvalue weighted by atomic mass is 16.5. The van der Waals surface area contributed by atoms with Crippen LogP contribution in [0.2, 0.25) is 0 Å². The highest BCUT2D eigenvalue weighted by molar-refractivity contribution is 5.94. The molecule has 0 radical (unpaired) electrons. The number of methoxy groups -OCH3 is 1. The topological polar surface area (TPSA) is 97.7 Å². The third-order valence-electron chi connectivity index (χ3n) is 5.36. The van der Waals surface area contributed by atoms with Gasteiger partial charge in [-0.3, -0.25) is 14.9 Å². The smallest absolute Gasteiger partial charge is 0.328 e. The summed E-state index contributed by atoms with van der Waals surface area (Å²) in [4.78, 5) is 39.4. The summed E-state index contributed by atoms with van der Waals surface area (Å²) in [6.07, 6.45) is 1.88. The Kier molecular flexibility index (Phi) is 6.34. The molecule has 0 aliphatic carbocycles. The van der Waals surface area contributed by atoms with E-state index in [1.807, 2.05) is 44.2 Å². The number of likely N-dealkylation sites (tertiary alicyclic amines) is 1. The maximum Gasteiger partial charge on any atom is 0.328 e. The van der Waals surface area contributed by atoms with Crippen molar-refractivity contribution in [1.29, 1.82) is 0 Å². The molecule has 3 rings (SSSR count). The molecule has 0 saturated carbocycles. The van der Waals surface area contributed by atoms with E-state index in [2.05, 4.69) is 10.6 Å². The maximum atomic E-state index is 13.0. The van der Waals surface area contributed by atoms with Crippen LogP contribution in [-0.4, -0.2) is 54.5 Å². The molecular formula is C21H29N3O4. The van der Waals surface area contributed by atoms with E-state index in [1.165, 1.54) is 7.11 Å². The average molecular weight is 387 g/mol. The molecule has 0 unspecified atom stereocenters. The molecule has 1 aromatic carbocycles. The quantitative estimate of drug-likeness (QED) is 0.544. The summed E-state index contributed by atoms with van der Waals surface area (Å²) in [5, 5.41) is 6.02. The maximum absolute atomic E-state index is 13.0. The van der Waals surface area contributed by atoms with Crippen LogP contribution < -0.4 is 10.6 Å². The van der Waals surface area contributed by atoms with E-state index in [4.69, 9.17) is 4.74 Å². The Hall–Kier alpha value is -2.41. The van der Waals surface area contributed by atoms with Crippen molar-refractivity contribution < 1.29 is 19.1 Å². The molecule has 2 heterocycles. The number of hydrogen-bond acceptors (Lipinski definition) is 5. The van der Waals surface area contributed by atoms with Gasteiger partial charge in [-0.25, -0.2) is 4.79 Å². The van der Waals surface area contributed by atoms with Gasteiger partial charge in [-0.1, -0.05) is 44.2 Å². The van der Waals surface area contributed by atoms with Gasteiger partial charge in [0.1, 0.15) is 18.1 Å². The van der Waals surface area contributed by atoms with Crippen molar-refractivity contribution in [2.75, 3.05) is 13.7 Å². The Balaban J connectivity index is 1.63. The summed E-state index contributed by atoms with van der Waals surface area (Å²) in [7, 11) is 1.32. The minimum absolute atomic E-state index is 0.00164. The molecule has 2 N–H and O–H groups in total. The molecule has 2 aliphatic heterocycles.